The molecule has 0 unspecified atom stereocenters. The molecule has 0 spiro atoms. The number of aryl methyl sites for hydroxylation is 1. The molecule has 2 aromatic carbocycles. The highest BCUT2D eigenvalue weighted by molar-refractivity contribution is 5.95. The van der Waals surface area contributed by atoms with E-state index in [1.807, 2.05) is 52.0 Å². The van der Waals surface area contributed by atoms with Crippen LogP contribution in [0.2, 0.25) is 0 Å². The molecule has 9 heteroatoms. The van der Waals surface area contributed by atoms with Crippen LogP contribution in [0.5, 0.6) is 5.75 Å². The van der Waals surface area contributed by atoms with Gasteiger partial charge in [-0.2, -0.15) is 0 Å². The predicted molar refractivity (Wildman–Crippen MR) is 149 cm³/mol. The van der Waals surface area contributed by atoms with E-state index in [4.69, 9.17) is 19.0 Å². The van der Waals surface area contributed by atoms with Gasteiger partial charge in [-0.25, -0.2) is 9.59 Å². The summed E-state index contributed by atoms with van der Waals surface area (Å²) >= 11 is 0. The Bertz CT molecular complexity index is 1380. The summed E-state index contributed by atoms with van der Waals surface area (Å²) in [5, 5.41) is 5.18. The lowest BCUT2D eigenvalue weighted by molar-refractivity contribution is 0.0542. The number of hydrogen-bond acceptors (Lipinski definition) is 8. The number of oxime groups is 1. The maximum Gasteiger partial charge on any atom is 0.419 e. The highest BCUT2D eigenvalue weighted by Gasteiger charge is 2.30. The summed E-state index contributed by atoms with van der Waals surface area (Å²) < 4.78 is 17.9. The lowest BCUT2D eigenvalue weighted by Crippen LogP contribution is -2.37. The van der Waals surface area contributed by atoms with E-state index in [1.165, 1.54) is 7.11 Å². The SMILES string of the molecule is CON=C1CCN(Cc2c(OC)cc(C)c3c2ccn3C(=O)OC(C)(C)C)[C@H](c2ccc(C(=O)OC)cc2)C1. The van der Waals surface area contributed by atoms with Crippen molar-refractivity contribution in [2.45, 2.75) is 58.7 Å². The number of esters is 1. The zero-order valence-corrected chi connectivity index (χ0v) is 23.7. The van der Waals surface area contributed by atoms with Gasteiger partial charge in [0.1, 0.15) is 18.5 Å². The second-order valence-corrected chi connectivity index (χ2v) is 10.7. The van der Waals surface area contributed by atoms with Crippen LogP contribution < -0.4 is 4.74 Å². The molecule has 0 amide bonds. The molecule has 2 heterocycles. The molecule has 1 aromatic heterocycles. The first kappa shape index (κ1) is 28.2. The number of piperidine rings is 1. The molecule has 1 atom stereocenters. The van der Waals surface area contributed by atoms with Gasteiger partial charge in [0.05, 0.1) is 31.0 Å². The van der Waals surface area contributed by atoms with Crippen LogP contribution in [0.25, 0.3) is 10.9 Å². The number of benzene rings is 2. The van der Waals surface area contributed by atoms with E-state index in [-0.39, 0.29) is 12.0 Å². The van der Waals surface area contributed by atoms with Crippen molar-refractivity contribution in [1.82, 2.24) is 9.47 Å². The molecular weight excluding hydrogens is 498 g/mol. The van der Waals surface area contributed by atoms with Crippen LogP contribution in [0.1, 0.15) is 66.7 Å². The van der Waals surface area contributed by atoms with Crippen molar-refractivity contribution >= 4 is 28.7 Å². The van der Waals surface area contributed by atoms with E-state index in [0.717, 1.165) is 52.0 Å². The van der Waals surface area contributed by atoms with Gasteiger partial charge in [-0.3, -0.25) is 9.47 Å². The first-order valence-electron chi connectivity index (χ1n) is 13.0. The Hall–Kier alpha value is -3.85. The van der Waals surface area contributed by atoms with Gasteiger partial charge in [0, 0.05) is 49.1 Å². The average molecular weight is 536 g/mol. The number of nitrogens with zero attached hydrogens (tertiary/aromatic N) is 3. The molecular formula is C30H37N3O6. The number of rotatable bonds is 6. The molecule has 0 radical (unpaired) electrons. The normalized spacial score (nSPS) is 17.3. The maximum absolute atomic E-state index is 13.0. The van der Waals surface area contributed by atoms with Gasteiger partial charge in [-0.05, 0) is 63.1 Å². The summed E-state index contributed by atoms with van der Waals surface area (Å²) in [7, 11) is 4.60. The van der Waals surface area contributed by atoms with Crippen LogP contribution in [0, 0.1) is 6.92 Å². The summed E-state index contributed by atoms with van der Waals surface area (Å²) in [5.74, 6) is 0.392. The molecule has 0 aliphatic carbocycles. The van der Waals surface area contributed by atoms with Crippen LogP contribution in [0.3, 0.4) is 0 Å². The average Bonchev–Trinajstić information content (AvgIpc) is 3.36. The minimum atomic E-state index is -0.608. The smallest absolute Gasteiger partial charge is 0.419 e. The summed E-state index contributed by atoms with van der Waals surface area (Å²) in [5.41, 5.74) is 4.64. The Kier molecular flexibility index (Phi) is 8.30. The third kappa shape index (κ3) is 6.09. The number of hydrogen-bond donors (Lipinski definition) is 0. The monoisotopic (exact) mass is 535 g/mol. The van der Waals surface area contributed by atoms with Gasteiger partial charge >= 0.3 is 12.1 Å². The number of methoxy groups -OCH3 is 2. The summed E-state index contributed by atoms with van der Waals surface area (Å²) in [6.45, 7) is 8.86. The summed E-state index contributed by atoms with van der Waals surface area (Å²) in [4.78, 5) is 32.5. The van der Waals surface area contributed by atoms with Crippen molar-refractivity contribution in [2.24, 2.45) is 5.16 Å². The van der Waals surface area contributed by atoms with Gasteiger partial charge in [0.2, 0.25) is 0 Å². The van der Waals surface area contributed by atoms with E-state index >= 15 is 0 Å². The van der Waals surface area contributed by atoms with Gasteiger partial charge < -0.3 is 19.0 Å². The number of carbonyl (C=O) groups is 2. The molecule has 1 aliphatic heterocycles. The molecule has 208 valence electrons. The number of likely N-dealkylation sites (tertiary alicyclic amines) is 1. The van der Waals surface area contributed by atoms with Crippen LogP contribution in [0.15, 0.2) is 47.8 Å². The van der Waals surface area contributed by atoms with E-state index in [1.54, 1.807) is 37.1 Å². The Morgan fingerprint density at radius 2 is 1.79 bits per heavy atom. The van der Waals surface area contributed by atoms with E-state index in [9.17, 15) is 9.59 Å². The number of ether oxygens (including phenoxy) is 3. The van der Waals surface area contributed by atoms with Gasteiger partial charge in [-0.15, -0.1) is 0 Å². The number of fused-ring (bicyclic) bond motifs is 1. The van der Waals surface area contributed by atoms with Crippen LogP contribution >= 0.6 is 0 Å². The lowest BCUT2D eigenvalue weighted by Gasteiger charge is -2.37. The zero-order valence-electron chi connectivity index (χ0n) is 23.7. The second-order valence-electron chi connectivity index (χ2n) is 10.7. The molecule has 1 aliphatic rings. The van der Waals surface area contributed by atoms with Gasteiger partial charge in [-0.1, -0.05) is 17.3 Å². The van der Waals surface area contributed by atoms with Gasteiger partial charge in [0.25, 0.3) is 0 Å². The molecule has 1 fully saturated rings. The molecule has 1 saturated heterocycles. The topological polar surface area (TPSA) is 91.6 Å². The quantitative estimate of drug-likeness (QED) is 0.288. The Morgan fingerprint density at radius 1 is 1.08 bits per heavy atom. The van der Waals surface area contributed by atoms with Gasteiger partial charge in [0.15, 0.2) is 0 Å². The van der Waals surface area contributed by atoms with Crippen molar-refractivity contribution in [3.8, 4) is 5.75 Å². The fraction of sp³-hybridized carbons (Fsp3) is 0.433. The molecule has 4 rings (SSSR count). The van der Waals surface area contributed by atoms with Crippen molar-refractivity contribution in [1.29, 1.82) is 0 Å². The van der Waals surface area contributed by atoms with Crippen molar-refractivity contribution in [2.75, 3.05) is 27.9 Å². The highest BCUT2D eigenvalue weighted by atomic mass is 16.6. The fourth-order valence-electron chi connectivity index (χ4n) is 5.15. The molecule has 0 saturated carbocycles. The van der Waals surface area contributed by atoms with E-state index in [0.29, 0.717) is 18.5 Å². The first-order chi connectivity index (χ1) is 18.6. The zero-order chi connectivity index (χ0) is 28.3. The van der Waals surface area contributed by atoms with Crippen molar-refractivity contribution < 1.29 is 28.6 Å². The third-order valence-electron chi connectivity index (χ3n) is 6.90. The predicted octanol–water partition coefficient (Wildman–Crippen LogP) is 5.87. The second kappa shape index (κ2) is 11.5. The molecule has 9 nitrogen and oxygen atoms in total. The molecule has 39 heavy (non-hydrogen) atoms. The van der Waals surface area contributed by atoms with Crippen LogP contribution in [0.4, 0.5) is 4.79 Å². The van der Waals surface area contributed by atoms with Crippen molar-refractivity contribution in [3.05, 3.63) is 64.8 Å². The number of carbonyl (C=O) groups excluding carboxylic acids is 2. The molecule has 0 N–H and O–H groups in total. The summed E-state index contributed by atoms with van der Waals surface area (Å²) in [6.07, 6.45) is 2.79. The Balaban J connectivity index is 1.74. The molecule has 3 aromatic rings. The standard InChI is InChI=1S/C30H37N3O6/c1-19-16-26(36-5)24(23-13-15-33(27(19)23)29(35)39-30(2,3)4)18-32-14-12-22(31-38-7)17-25(32)20-8-10-21(11-9-20)28(34)37-6/h8-11,13,15-16,25H,12,14,17-18H2,1-7H3/t25-/m0/s1. The minimum Gasteiger partial charge on any atom is -0.496 e. The largest absolute Gasteiger partial charge is 0.496 e. The molecule has 0 bridgehead atoms. The van der Waals surface area contributed by atoms with Crippen LogP contribution in [-0.2, 0) is 20.9 Å². The third-order valence-corrected chi connectivity index (χ3v) is 6.90. The fourth-order valence-corrected chi connectivity index (χ4v) is 5.15. The Labute approximate surface area is 229 Å². The van der Waals surface area contributed by atoms with E-state index in [2.05, 4.69) is 10.1 Å². The minimum absolute atomic E-state index is 0.00616. The maximum atomic E-state index is 13.0. The first-order valence-corrected chi connectivity index (χ1v) is 13.0. The summed E-state index contributed by atoms with van der Waals surface area (Å²) in [6, 6.07) is 11.4. The number of aromatic nitrogens is 1. The lowest BCUT2D eigenvalue weighted by atomic mass is 9.92. The highest BCUT2D eigenvalue weighted by Crippen LogP contribution is 2.37. The van der Waals surface area contributed by atoms with Crippen LogP contribution in [-0.4, -0.2) is 60.7 Å². The van der Waals surface area contributed by atoms with E-state index < -0.39 is 11.7 Å². The van der Waals surface area contributed by atoms with Crippen molar-refractivity contribution in [3.63, 3.8) is 0 Å². The Morgan fingerprint density at radius 3 is 2.41 bits per heavy atom.